The first-order valence-corrected chi connectivity index (χ1v) is 10.6. The number of esters is 1. The number of carbonyl (C=O) groups excluding carboxylic acids is 1. The molecule has 1 heterocycles. The number of fused-ring (bicyclic) bond motifs is 1. The molecule has 0 spiro atoms. The first kappa shape index (κ1) is 22.2. The third-order valence-corrected chi connectivity index (χ3v) is 5.26. The smallest absolute Gasteiger partial charge is 0.339 e. The van der Waals surface area contributed by atoms with Crippen LogP contribution >= 0.6 is 0 Å². The van der Waals surface area contributed by atoms with E-state index in [9.17, 15) is 9.59 Å². The van der Waals surface area contributed by atoms with E-state index in [1.54, 1.807) is 36.4 Å². The fraction of sp³-hybridized carbons (Fsp3) is 0.231. The second kappa shape index (κ2) is 9.24. The number of rotatable bonds is 6. The second-order valence-corrected chi connectivity index (χ2v) is 8.73. The fourth-order valence-electron chi connectivity index (χ4n) is 3.27. The van der Waals surface area contributed by atoms with Crippen molar-refractivity contribution in [2.45, 2.75) is 39.5 Å². The van der Waals surface area contributed by atoms with Gasteiger partial charge in [-0.3, -0.25) is 4.79 Å². The maximum atomic E-state index is 12.4. The van der Waals surface area contributed by atoms with E-state index in [1.807, 2.05) is 24.3 Å². The number of nitrogens with zero attached hydrogens (tertiary/aromatic N) is 3. The lowest BCUT2D eigenvalue weighted by Gasteiger charge is -2.19. The Kier molecular flexibility index (Phi) is 6.22. The van der Waals surface area contributed by atoms with Gasteiger partial charge in [0.05, 0.1) is 10.9 Å². The summed E-state index contributed by atoms with van der Waals surface area (Å²) in [4.78, 5) is 24.8. The Hall–Kier alpha value is -4.00. The Balaban J connectivity index is 1.34. The summed E-state index contributed by atoms with van der Waals surface area (Å²) in [5.74, 6) is 0.232. The molecule has 0 aliphatic rings. The van der Waals surface area contributed by atoms with E-state index in [0.717, 1.165) is 16.0 Å². The van der Waals surface area contributed by atoms with Gasteiger partial charge in [-0.25, -0.2) is 4.79 Å². The number of hydrogen-bond acceptors (Lipinski definition) is 6. The highest BCUT2D eigenvalue weighted by Gasteiger charge is 2.13. The molecule has 33 heavy (non-hydrogen) atoms. The van der Waals surface area contributed by atoms with Crippen molar-refractivity contribution in [3.8, 4) is 5.75 Å². The largest absolute Gasteiger partial charge is 0.489 e. The van der Waals surface area contributed by atoms with E-state index in [1.165, 1.54) is 5.56 Å². The van der Waals surface area contributed by atoms with Crippen molar-refractivity contribution in [1.29, 1.82) is 0 Å². The number of benzene rings is 3. The molecule has 0 bridgehead atoms. The molecular weight excluding hydrogens is 418 g/mol. The molecular formula is C26H25N3O4. The minimum absolute atomic E-state index is 0.0948. The molecule has 1 aromatic heterocycles. The lowest BCUT2D eigenvalue weighted by molar-refractivity contribution is 0.0336. The summed E-state index contributed by atoms with van der Waals surface area (Å²) >= 11 is 0. The molecule has 0 unspecified atom stereocenters. The average Bonchev–Trinajstić information content (AvgIpc) is 2.82. The van der Waals surface area contributed by atoms with Crippen molar-refractivity contribution in [2.75, 3.05) is 0 Å². The van der Waals surface area contributed by atoms with Gasteiger partial charge >= 0.3 is 5.97 Å². The van der Waals surface area contributed by atoms with Gasteiger partial charge in [-0.05, 0) is 52.9 Å². The average molecular weight is 444 g/mol. The van der Waals surface area contributed by atoms with Crippen molar-refractivity contribution in [3.05, 3.63) is 99.8 Å². The molecule has 7 heteroatoms. The topological polar surface area (TPSA) is 83.3 Å². The van der Waals surface area contributed by atoms with Crippen LogP contribution in [0.1, 0.15) is 42.3 Å². The van der Waals surface area contributed by atoms with Crippen LogP contribution in [0.25, 0.3) is 10.9 Å². The van der Waals surface area contributed by atoms with Gasteiger partial charge in [-0.2, -0.15) is 4.68 Å². The SMILES string of the molecule is CC(C)(C)c1ccc(OCc2ccc(C(=O)OCn3nnc4ccccc4c3=O)cc2)cc1. The van der Waals surface area contributed by atoms with Crippen LogP contribution in [0.3, 0.4) is 0 Å². The Morgan fingerprint density at radius 2 is 1.64 bits per heavy atom. The van der Waals surface area contributed by atoms with Gasteiger partial charge in [0.2, 0.25) is 0 Å². The van der Waals surface area contributed by atoms with Crippen LogP contribution in [-0.2, 0) is 23.5 Å². The maximum Gasteiger partial charge on any atom is 0.339 e. The lowest BCUT2D eigenvalue weighted by Crippen LogP contribution is -2.26. The van der Waals surface area contributed by atoms with Crippen LogP contribution in [-0.4, -0.2) is 21.0 Å². The zero-order chi connectivity index (χ0) is 23.4. The zero-order valence-electron chi connectivity index (χ0n) is 18.8. The van der Waals surface area contributed by atoms with Crippen molar-refractivity contribution in [1.82, 2.24) is 15.0 Å². The fourth-order valence-corrected chi connectivity index (χ4v) is 3.27. The first-order valence-electron chi connectivity index (χ1n) is 10.6. The molecule has 0 saturated heterocycles. The molecule has 0 aliphatic heterocycles. The van der Waals surface area contributed by atoms with Crippen molar-refractivity contribution in [3.63, 3.8) is 0 Å². The van der Waals surface area contributed by atoms with Crippen LogP contribution in [0, 0.1) is 0 Å². The molecule has 3 aromatic carbocycles. The van der Waals surface area contributed by atoms with E-state index in [-0.39, 0.29) is 17.7 Å². The number of hydrogen-bond donors (Lipinski definition) is 0. The number of carbonyl (C=O) groups is 1. The van der Waals surface area contributed by atoms with Gasteiger partial charge in [-0.15, -0.1) is 5.10 Å². The molecule has 4 rings (SSSR count). The predicted octanol–water partition coefficient (Wildman–Crippen LogP) is 4.48. The summed E-state index contributed by atoms with van der Waals surface area (Å²) in [5, 5.41) is 8.21. The molecule has 0 saturated carbocycles. The highest BCUT2D eigenvalue weighted by atomic mass is 16.5. The third kappa shape index (κ3) is 5.26. The monoisotopic (exact) mass is 443 g/mol. The van der Waals surface area contributed by atoms with Gasteiger partial charge in [0.15, 0.2) is 6.73 Å². The zero-order valence-corrected chi connectivity index (χ0v) is 18.8. The third-order valence-electron chi connectivity index (χ3n) is 5.26. The Bertz CT molecular complexity index is 1320. The normalized spacial score (nSPS) is 11.4. The Morgan fingerprint density at radius 3 is 2.33 bits per heavy atom. The molecule has 4 aromatic rings. The van der Waals surface area contributed by atoms with Crippen molar-refractivity contribution >= 4 is 16.9 Å². The van der Waals surface area contributed by atoms with E-state index in [0.29, 0.717) is 23.1 Å². The van der Waals surface area contributed by atoms with Crippen molar-refractivity contribution in [2.24, 2.45) is 0 Å². The molecule has 0 fully saturated rings. The number of aromatic nitrogens is 3. The molecule has 0 atom stereocenters. The number of ether oxygens (including phenoxy) is 2. The summed E-state index contributed by atoms with van der Waals surface area (Å²) < 4.78 is 12.1. The summed E-state index contributed by atoms with van der Waals surface area (Å²) in [7, 11) is 0. The van der Waals surface area contributed by atoms with Gasteiger partial charge < -0.3 is 9.47 Å². The van der Waals surface area contributed by atoms with Gasteiger partial charge in [-0.1, -0.05) is 62.4 Å². The summed E-state index contributed by atoms with van der Waals surface area (Å²) in [6.45, 7) is 6.58. The standard InChI is InChI=1S/C26H25N3O4/c1-26(2,3)20-12-14-21(15-13-20)32-16-18-8-10-19(11-9-18)25(31)33-17-29-24(30)22-6-4-5-7-23(22)27-28-29/h4-15H,16-17H2,1-3H3. The van der Waals surface area contributed by atoms with Gasteiger partial charge in [0.25, 0.3) is 5.56 Å². The quantitative estimate of drug-likeness (QED) is 0.409. The summed E-state index contributed by atoms with van der Waals surface area (Å²) in [5.41, 5.74) is 2.76. The Labute approximate surface area is 191 Å². The maximum absolute atomic E-state index is 12.4. The minimum Gasteiger partial charge on any atom is -0.489 e. The van der Waals surface area contributed by atoms with E-state index >= 15 is 0 Å². The molecule has 0 amide bonds. The molecule has 0 aliphatic carbocycles. The van der Waals surface area contributed by atoms with Crippen LogP contribution in [0.5, 0.6) is 5.75 Å². The Morgan fingerprint density at radius 1 is 0.939 bits per heavy atom. The molecule has 168 valence electrons. The second-order valence-electron chi connectivity index (χ2n) is 8.73. The van der Waals surface area contributed by atoms with Crippen LogP contribution in [0.15, 0.2) is 77.6 Å². The summed E-state index contributed by atoms with van der Waals surface area (Å²) in [6.07, 6.45) is 0. The van der Waals surface area contributed by atoms with E-state index in [4.69, 9.17) is 9.47 Å². The molecule has 0 N–H and O–H groups in total. The van der Waals surface area contributed by atoms with E-state index < -0.39 is 5.97 Å². The van der Waals surface area contributed by atoms with Gasteiger partial charge in [0, 0.05) is 0 Å². The molecule has 7 nitrogen and oxygen atoms in total. The van der Waals surface area contributed by atoms with E-state index in [2.05, 4.69) is 43.2 Å². The minimum atomic E-state index is -0.554. The predicted molar refractivity (Wildman–Crippen MR) is 125 cm³/mol. The van der Waals surface area contributed by atoms with Gasteiger partial charge in [0.1, 0.15) is 17.9 Å². The summed E-state index contributed by atoms with van der Waals surface area (Å²) in [6, 6.07) is 21.9. The highest BCUT2D eigenvalue weighted by molar-refractivity contribution is 5.89. The lowest BCUT2D eigenvalue weighted by atomic mass is 9.87. The van der Waals surface area contributed by atoms with Crippen LogP contribution in [0.2, 0.25) is 0 Å². The highest BCUT2D eigenvalue weighted by Crippen LogP contribution is 2.24. The van der Waals surface area contributed by atoms with Crippen LogP contribution in [0.4, 0.5) is 0 Å². The van der Waals surface area contributed by atoms with Crippen molar-refractivity contribution < 1.29 is 14.3 Å². The van der Waals surface area contributed by atoms with Crippen LogP contribution < -0.4 is 10.3 Å². The first-order chi connectivity index (χ1) is 15.8. The molecule has 0 radical (unpaired) electrons.